The summed E-state index contributed by atoms with van der Waals surface area (Å²) in [5.41, 5.74) is 0.845. The number of pyridine rings is 1. The number of carbonyl (C=O) groups excluding carboxylic acids is 1. The monoisotopic (exact) mass is 255 g/mol. The molecule has 0 aliphatic heterocycles. The Hall–Kier alpha value is -1.29. The molecule has 0 fully saturated rings. The fraction of sp³-hybridized carbons (Fsp3) is 0.500. The minimum Gasteiger partial charge on any atom is -0.338 e. The Balaban J connectivity index is 2.32. The lowest BCUT2D eigenvalue weighted by atomic mass is 9.92. The number of rotatable bonds is 3. The average molecular weight is 256 g/mol. The highest BCUT2D eigenvalue weighted by Gasteiger charge is 2.10. The summed E-state index contributed by atoms with van der Waals surface area (Å²) in [6, 6.07) is 3.11. The molecule has 0 unspecified atom stereocenters. The number of amides is 2. The van der Waals surface area contributed by atoms with Gasteiger partial charge >= 0.3 is 6.03 Å². The second kappa shape index (κ2) is 5.87. The lowest BCUT2D eigenvalue weighted by molar-refractivity contribution is 0.250. The van der Waals surface area contributed by atoms with Gasteiger partial charge in [-0.05, 0) is 24.0 Å². The Morgan fingerprint density at radius 1 is 1.41 bits per heavy atom. The summed E-state index contributed by atoms with van der Waals surface area (Å²) < 4.78 is 0. The summed E-state index contributed by atoms with van der Waals surface area (Å²) in [5, 5.41) is 5.88. The minimum absolute atomic E-state index is 0.217. The Bertz CT molecular complexity index is 370. The van der Waals surface area contributed by atoms with Gasteiger partial charge in [-0.3, -0.25) is 0 Å². The normalized spacial score (nSPS) is 11.1. The topological polar surface area (TPSA) is 54.0 Å². The maximum absolute atomic E-state index is 11.5. The first-order valence-electron chi connectivity index (χ1n) is 5.53. The molecule has 4 nitrogen and oxygen atoms in total. The van der Waals surface area contributed by atoms with E-state index in [0.717, 1.165) is 6.42 Å². The number of hydrogen-bond donors (Lipinski definition) is 2. The predicted octanol–water partition coefficient (Wildman–Crippen LogP) is 3.29. The highest BCUT2D eigenvalue weighted by atomic mass is 35.5. The van der Waals surface area contributed by atoms with E-state index >= 15 is 0 Å². The van der Waals surface area contributed by atoms with Gasteiger partial charge in [0.2, 0.25) is 0 Å². The average Bonchev–Trinajstić information content (AvgIpc) is 2.19. The summed E-state index contributed by atoms with van der Waals surface area (Å²) in [6.07, 6.45) is 2.45. The third kappa shape index (κ3) is 6.12. The van der Waals surface area contributed by atoms with Crippen molar-refractivity contribution in [1.29, 1.82) is 0 Å². The molecule has 0 saturated heterocycles. The summed E-state index contributed by atoms with van der Waals surface area (Å²) in [5.74, 6) is 0. The molecule has 0 atom stereocenters. The molecule has 0 spiro atoms. The maximum Gasteiger partial charge on any atom is 0.319 e. The number of anilines is 1. The molecular formula is C12H18ClN3O. The SMILES string of the molecule is CC(C)(C)CCNC(=O)Nc1ccc(Cl)nc1. The van der Waals surface area contributed by atoms with Crippen LogP contribution in [0.5, 0.6) is 0 Å². The molecule has 0 saturated carbocycles. The van der Waals surface area contributed by atoms with Crippen molar-refractivity contribution in [3.8, 4) is 0 Å². The molecule has 5 heteroatoms. The van der Waals surface area contributed by atoms with Crippen LogP contribution in [-0.2, 0) is 0 Å². The molecule has 2 N–H and O–H groups in total. The zero-order valence-corrected chi connectivity index (χ0v) is 11.1. The summed E-state index contributed by atoms with van der Waals surface area (Å²) in [6.45, 7) is 7.05. The predicted molar refractivity (Wildman–Crippen MR) is 70.3 cm³/mol. The third-order valence-corrected chi connectivity index (χ3v) is 2.37. The molecule has 94 valence electrons. The van der Waals surface area contributed by atoms with E-state index in [1.54, 1.807) is 12.1 Å². The zero-order chi connectivity index (χ0) is 12.9. The van der Waals surface area contributed by atoms with Gasteiger partial charge in [0.1, 0.15) is 5.15 Å². The Morgan fingerprint density at radius 2 is 2.12 bits per heavy atom. The van der Waals surface area contributed by atoms with E-state index in [0.29, 0.717) is 17.4 Å². The molecule has 17 heavy (non-hydrogen) atoms. The van der Waals surface area contributed by atoms with Crippen molar-refractivity contribution < 1.29 is 4.79 Å². The van der Waals surface area contributed by atoms with Gasteiger partial charge in [-0.2, -0.15) is 0 Å². The second-order valence-electron chi connectivity index (χ2n) is 5.06. The highest BCUT2D eigenvalue weighted by Crippen LogP contribution is 2.17. The van der Waals surface area contributed by atoms with E-state index in [1.165, 1.54) is 6.20 Å². The number of nitrogens with zero attached hydrogens (tertiary/aromatic N) is 1. The maximum atomic E-state index is 11.5. The Morgan fingerprint density at radius 3 is 2.65 bits per heavy atom. The van der Waals surface area contributed by atoms with Crippen LogP contribution in [0, 0.1) is 5.41 Å². The molecule has 0 bridgehead atoms. The lowest BCUT2D eigenvalue weighted by Gasteiger charge is -2.18. The molecule has 1 rings (SSSR count). The van der Waals surface area contributed by atoms with E-state index in [-0.39, 0.29) is 11.4 Å². The molecule has 0 radical (unpaired) electrons. The van der Waals surface area contributed by atoms with E-state index in [2.05, 4.69) is 36.4 Å². The van der Waals surface area contributed by atoms with Crippen LogP contribution in [0.15, 0.2) is 18.3 Å². The number of nitrogens with one attached hydrogen (secondary N) is 2. The first-order valence-corrected chi connectivity index (χ1v) is 5.91. The second-order valence-corrected chi connectivity index (χ2v) is 5.45. The van der Waals surface area contributed by atoms with Crippen LogP contribution in [0.4, 0.5) is 10.5 Å². The molecule has 1 aromatic heterocycles. The van der Waals surface area contributed by atoms with Crippen LogP contribution in [0.2, 0.25) is 5.15 Å². The van der Waals surface area contributed by atoms with Crippen LogP contribution >= 0.6 is 11.6 Å². The van der Waals surface area contributed by atoms with Crippen LogP contribution in [0.3, 0.4) is 0 Å². The van der Waals surface area contributed by atoms with Crippen LogP contribution in [-0.4, -0.2) is 17.6 Å². The van der Waals surface area contributed by atoms with Gasteiger partial charge in [0, 0.05) is 6.54 Å². The van der Waals surface area contributed by atoms with Crippen molar-refractivity contribution in [3.05, 3.63) is 23.5 Å². The fourth-order valence-electron chi connectivity index (χ4n) is 1.18. The lowest BCUT2D eigenvalue weighted by Crippen LogP contribution is -2.31. The summed E-state index contributed by atoms with van der Waals surface area (Å²) in [4.78, 5) is 15.4. The minimum atomic E-state index is -0.224. The number of carbonyl (C=O) groups is 1. The van der Waals surface area contributed by atoms with Crippen molar-refractivity contribution in [2.24, 2.45) is 5.41 Å². The van der Waals surface area contributed by atoms with Crippen molar-refractivity contribution >= 4 is 23.3 Å². The zero-order valence-electron chi connectivity index (χ0n) is 10.4. The Labute approximate surface area is 107 Å². The molecule has 1 heterocycles. The first-order chi connectivity index (χ1) is 7.87. The number of hydrogen-bond acceptors (Lipinski definition) is 2. The fourth-order valence-corrected chi connectivity index (χ4v) is 1.29. The van der Waals surface area contributed by atoms with Crippen LogP contribution in [0.1, 0.15) is 27.2 Å². The van der Waals surface area contributed by atoms with E-state index in [1.807, 2.05) is 0 Å². The van der Waals surface area contributed by atoms with Gasteiger partial charge in [-0.15, -0.1) is 0 Å². The number of aromatic nitrogens is 1. The van der Waals surface area contributed by atoms with Gasteiger partial charge in [0.25, 0.3) is 0 Å². The summed E-state index contributed by atoms with van der Waals surface area (Å²) in [7, 11) is 0. The first kappa shape index (κ1) is 13.8. The van der Waals surface area contributed by atoms with E-state index < -0.39 is 0 Å². The van der Waals surface area contributed by atoms with E-state index in [4.69, 9.17) is 11.6 Å². The van der Waals surface area contributed by atoms with Gasteiger partial charge in [0.05, 0.1) is 11.9 Å². The molecule has 0 aliphatic rings. The highest BCUT2D eigenvalue weighted by molar-refractivity contribution is 6.29. The van der Waals surface area contributed by atoms with E-state index in [9.17, 15) is 4.79 Å². The molecule has 0 aliphatic carbocycles. The standard InChI is InChI=1S/C12H18ClN3O/c1-12(2,3)6-7-14-11(17)16-9-4-5-10(13)15-8-9/h4-5,8H,6-7H2,1-3H3,(H2,14,16,17). The summed E-state index contributed by atoms with van der Waals surface area (Å²) >= 11 is 5.64. The van der Waals surface area contributed by atoms with Crippen molar-refractivity contribution in [2.45, 2.75) is 27.2 Å². The van der Waals surface area contributed by atoms with Gasteiger partial charge in [-0.1, -0.05) is 32.4 Å². The van der Waals surface area contributed by atoms with Crippen molar-refractivity contribution in [1.82, 2.24) is 10.3 Å². The quantitative estimate of drug-likeness (QED) is 0.815. The number of urea groups is 1. The van der Waals surface area contributed by atoms with Crippen molar-refractivity contribution in [3.63, 3.8) is 0 Å². The molecule has 0 aromatic carbocycles. The van der Waals surface area contributed by atoms with Gasteiger partial charge in [-0.25, -0.2) is 9.78 Å². The van der Waals surface area contributed by atoms with Crippen LogP contribution < -0.4 is 10.6 Å². The third-order valence-electron chi connectivity index (χ3n) is 2.15. The largest absolute Gasteiger partial charge is 0.338 e. The van der Waals surface area contributed by atoms with Crippen LogP contribution in [0.25, 0.3) is 0 Å². The van der Waals surface area contributed by atoms with Gasteiger partial charge in [0.15, 0.2) is 0 Å². The van der Waals surface area contributed by atoms with Gasteiger partial charge < -0.3 is 10.6 Å². The number of halogens is 1. The molecule has 2 amide bonds. The molecular weight excluding hydrogens is 238 g/mol. The smallest absolute Gasteiger partial charge is 0.319 e. The Kier molecular flexibility index (Phi) is 4.75. The molecule has 1 aromatic rings. The van der Waals surface area contributed by atoms with Crippen molar-refractivity contribution in [2.75, 3.05) is 11.9 Å².